The molecule has 1 heteroatoms. The summed E-state index contributed by atoms with van der Waals surface area (Å²) in [6, 6.07) is 2.52. The summed E-state index contributed by atoms with van der Waals surface area (Å²) in [7, 11) is 0. The zero-order valence-corrected chi connectivity index (χ0v) is 13.6. The van der Waals surface area contributed by atoms with Gasteiger partial charge in [0.2, 0.25) is 0 Å². The van der Waals surface area contributed by atoms with Crippen LogP contribution in [0.3, 0.4) is 0 Å². The van der Waals surface area contributed by atoms with Gasteiger partial charge in [0.05, 0.1) is 6.07 Å². The van der Waals surface area contributed by atoms with Gasteiger partial charge in [-0.15, -0.1) is 0 Å². The normalized spacial score (nSPS) is 52.1. The lowest BCUT2D eigenvalue weighted by Crippen LogP contribution is -2.46. The molecule has 0 aromatic heterocycles. The van der Waals surface area contributed by atoms with Gasteiger partial charge in [0.25, 0.3) is 0 Å². The van der Waals surface area contributed by atoms with E-state index in [0.29, 0.717) is 0 Å². The van der Waals surface area contributed by atoms with Gasteiger partial charge in [0.1, 0.15) is 0 Å². The maximum Gasteiger partial charge on any atom is 0.0949 e. The molecule has 4 aliphatic rings. The monoisotopic (exact) mass is 283 g/mol. The molecule has 3 saturated carbocycles. The van der Waals surface area contributed by atoms with E-state index in [1.54, 1.807) is 0 Å². The van der Waals surface area contributed by atoms with Gasteiger partial charge in [-0.1, -0.05) is 26.3 Å². The molecule has 114 valence electrons. The van der Waals surface area contributed by atoms with Crippen molar-refractivity contribution in [2.45, 2.75) is 65.2 Å². The van der Waals surface area contributed by atoms with Crippen molar-refractivity contribution in [3.05, 3.63) is 11.6 Å². The SMILES string of the molecule is C[C@H]1CC[C@H]2C[C@@H]3[C@H](CC[C@]4(C)C(C#N)=CC[C@@H]34)C[C@@H]2C1. The van der Waals surface area contributed by atoms with Gasteiger partial charge in [0.15, 0.2) is 0 Å². The standard InChI is InChI=1S/C20H29N/c1-13-3-4-14-11-18-15(10-16(14)9-13)7-8-20(2)17(12-21)5-6-19(18)20/h5,13-16,18-19H,3-4,6-11H2,1-2H3/t13-,14-,15+,16-,18+,19-,20+/m0/s1. The minimum absolute atomic E-state index is 0.227. The van der Waals surface area contributed by atoms with E-state index >= 15 is 0 Å². The number of nitrogens with zero attached hydrogens (tertiary/aromatic N) is 1. The van der Waals surface area contributed by atoms with Gasteiger partial charge < -0.3 is 0 Å². The van der Waals surface area contributed by atoms with Crippen LogP contribution in [-0.2, 0) is 0 Å². The summed E-state index contributed by atoms with van der Waals surface area (Å²) >= 11 is 0. The van der Waals surface area contributed by atoms with E-state index in [9.17, 15) is 5.26 Å². The van der Waals surface area contributed by atoms with E-state index < -0.39 is 0 Å². The Morgan fingerprint density at radius 2 is 1.95 bits per heavy atom. The fourth-order valence-corrected chi connectivity index (χ4v) is 6.65. The third-order valence-electron chi connectivity index (χ3n) is 7.87. The molecule has 0 bridgehead atoms. The Morgan fingerprint density at radius 3 is 2.76 bits per heavy atom. The van der Waals surface area contributed by atoms with Gasteiger partial charge in [-0.05, 0) is 80.5 Å². The van der Waals surface area contributed by atoms with E-state index in [-0.39, 0.29) is 5.41 Å². The highest BCUT2D eigenvalue weighted by Gasteiger charge is 2.53. The highest BCUT2D eigenvalue weighted by molar-refractivity contribution is 5.35. The van der Waals surface area contributed by atoms with Crippen LogP contribution in [0.15, 0.2) is 11.6 Å². The summed E-state index contributed by atoms with van der Waals surface area (Å²) in [5.41, 5.74) is 1.34. The summed E-state index contributed by atoms with van der Waals surface area (Å²) in [6.45, 7) is 4.85. The average molecular weight is 283 g/mol. The molecule has 0 spiro atoms. The lowest BCUT2D eigenvalue weighted by Gasteiger charge is -2.54. The van der Waals surface area contributed by atoms with Crippen LogP contribution in [0.1, 0.15) is 65.2 Å². The van der Waals surface area contributed by atoms with Crippen molar-refractivity contribution in [1.82, 2.24) is 0 Å². The zero-order chi connectivity index (χ0) is 14.6. The Bertz CT molecular complexity index is 498. The van der Waals surface area contributed by atoms with E-state index in [1.807, 2.05) is 0 Å². The van der Waals surface area contributed by atoms with Crippen LogP contribution in [0.25, 0.3) is 0 Å². The Hall–Kier alpha value is -0.770. The van der Waals surface area contributed by atoms with Crippen LogP contribution in [0, 0.1) is 52.3 Å². The predicted octanol–water partition coefficient (Wildman–Crippen LogP) is 5.33. The van der Waals surface area contributed by atoms with Gasteiger partial charge >= 0.3 is 0 Å². The second-order valence-corrected chi connectivity index (χ2v) is 8.86. The molecular formula is C20H29N. The fourth-order valence-electron chi connectivity index (χ4n) is 6.65. The molecule has 0 heterocycles. The molecule has 0 radical (unpaired) electrons. The minimum Gasteiger partial charge on any atom is -0.193 e. The van der Waals surface area contributed by atoms with Crippen molar-refractivity contribution in [3.63, 3.8) is 0 Å². The van der Waals surface area contributed by atoms with E-state index in [1.165, 1.54) is 51.4 Å². The maximum absolute atomic E-state index is 9.46. The lowest BCUT2D eigenvalue weighted by molar-refractivity contribution is -0.0306. The molecule has 0 aromatic rings. The number of allylic oxidation sites excluding steroid dienone is 2. The largest absolute Gasteiger partial charge is 0.193 e. The lowest BCUT2D eigenvalue weighted by atomic mass is 9.51. The summed E-state index contributed by atoms with van der Waals surface area (Å²) in [5, 5.41) is 9.46. The third kappa shape index (κ3) is 2.01. The highest BCUT2D eigenvalue weighted by Crippen LogP contribution is 2.61. The second kappa shape index (κ2) is 4.87. The van der Waals surface area contributed by atoms with Gasteiger partial charge in [-0.2, -0.15) is 5.26 Å². The Balaban J connectivity index is 1.56. The quantitative estimate of drug-likeness (QED) is 0.589. The molecule has 21 heavy (non-hydrogen) atoms. The molecule has 3 fully saturated rings. The fraction of sp³-hybridized carbons (Fsp3) is 0.850. The second-order valence-electron chi connectivity index (χ2n) is 8.86. The van der Waals surface area contributed by atoms with E-state index in [0.717, 1.165) is 41.1 Å². The third-order valence-corrected chi connectivity index (χ3v) is 7.87. The molecule has 4 aliphatic carbocycles. The first-order valence-electron chi connectivity index (χ1n) is 9.22. The molecule has 0 amide bonds. The Morgan fingerprint density at radius 1 is 1.10 bits per heavy atom. The molecule has 0 aliphatic heterocycles. The van der Waals surface area contributed by atoms with Crippen molar-refractivity contribution in [2.24, 2.45) is 40.9 Å². The predicted molar refractivity (Wildman–Crippen MR) is 85.4 cm³/mol. The van der Waals surface area contributed by atoms with Crippen molar-refractivity contribution in [2.75, 3.05) is 0 Å². The summed E-state index contributed by atoms with van der Waals surface area (Å²) in [6.07, 6.45) is 13.6. The van der Waals surface area contributed by atoms with Crippen LogP contribution >= 0.6 is 0 Å². The minimum atomic E-state index is 0.227. The molecule has 0 unspecified atom stereocenters. The zero-order valence-electron chi connectivity index (χ0n) is 13.6. The molecule has 0 saturated heterocycles. The van der Waals surface area contributed by atoms with Crippen LogP contribution in [0.5, 0.6) is 0 Å². The first kappa shape index (κ1) is 13.9. The van der Waals surface area contributed by atoms with E-state index in [2.05, 4.69) is 26.0 Å². The van der Waals surface area contributed by atoms with Crippen LogP contribution in [0.4, 0.5) is 0 Å². The topological polar surface area (TPSA) is 23.8 Å². The molecular weight excluding hydrogens is 254 g/mol. The Kier molecular flexibility index (Phi) is 3.21. The summed E-state index contributed by atoms with van der Waals surface area (Å²) < 4.78 is 0. The molecule has 0 aromatic carbocycles. The summed E-state index contributed by atoms with van der Waals surface area (Å²) in [5.74, 6) is 5.68. The number of hydrogen-bond acceptors (Lipinski definition) is 1. The number of fused-ring (bicyclic) bond motifs is 4. The van der Waals surface area contributed by atoms with Crippen LogP contribution < -0.4 is 0 Å². The average Bonchev–Trinajstić information content (AvgIpc) is 2.82. The van der Waals surface area contributed by atoms with Crippen LogP contribution in [0.2, 0.25) is 0 Å². The van der Waals surface area contributed by atoms with Gasteiger partial charge in [-0.3, -0.25) is 0 Å². The molecule has 0 N–H and O–H groups in total. The van der Waals surface area contributed by atoms with E-state index in [4.69, 9.17) is 0 Å². The molecule has 4 rings (SSSR count). The molecule has 7 atom stereocenters. The Labute approximate surface area is 129 Å². The number of hydrogen-bond donors (Lipinski definition) is 0. The van der Waals surface area contributed by atoms with Gasteiger partial charge in [-0.25, -0.2) is 0 Å². The van der Waals surface area contributed by atoms with Crippen molar-refractivity contribution < 1.29 is 0 Å². The number of rotatable bonds is 0. The smallest absolute Gasteiger partial charge is 0.0949 e. The van der Waals surface area contributed by atoms with Gasteiger partial charge in [0, 0.05) is 11.0 Å². The van der Waals surface area contributed by atoms with Crippen molar-refractivity contribution in [3.8, 4) is 6.07 Å². The van der Waals surface area contributed by atoms with Crippen LogP contribution in [-0.4, -0.2) is 0 Å². The first-order valence-corrected chi connectivity index (χ1v) is 9.22. The number of nitriles is 1. The summed E-state index contributed by atoms with van der Waals surface area (Å²) in [4.78, 5) is 0. The first-order chi connectivity index (χ1) is 10.1. The molecule has 1 nitrogen and oxygen atoms in total. The van der Waals surface area contributed by atoms with Crippen molar-refractivity contribution >= 4 is 0 Å². The maximum atomic E-state index is 9.46. The highest BCUT2D eigenvalue weighted by atomic mass is 14.6. The van der Waals surface area contributed by atoms with Crippen molar-refractivity contribution in [1.29, 1.82) is 5.26 Å².